The summed E-state index contributed by atoms with van der Waals surface area (Å²) in [6, 6.07) is 12.4. The van der Waals surface area contributed by atoms with E-state index in [4.69, 9.17) is 9.47 Å². The number of aliphatic hydroxyl groups is 2. The first kappa shape index (κ1) is 36.1. The van der Waals surface area contributed by atoms with Gasteiger partial charge in [0.1, 0.15) is 18.5 Å². The lowest BCUT2D eigenvalue weighted by Gasteiger charge is -2.40. The number of nitrogens with zero attached hydrogens (tertiary/aromatic N) is 1. The van der Waals surface area contributed by atoms with Crippen LogP contribution in [-0.2, 0) is 16.0 Å². The van der Waals surface area contributed by atoms with E-state index in [1.54, 1.807) is 23.1 Å². The molecule has 1 aromatic heterocycles. The second-order valence-electron chi connectivity index (χ2n) is 13.2. The van der Waals surface area contributed by atoms with Crippen molar-refractivity contribution in [3.05, 3.63) is 70.9 Å². The van der Waals surface area contributed by atoms with Crippen molar-refractivity contribution in [1.29, 1.82) is 0 Å². The van der Waals surface area contributed by atoms with Gasteiger partial charge in [0.15, 0.2) is 11.5 Å². The lowest BCUT2D eigenvalue weighted by Crippen LogP contribution is -2.56. The highest BCUT2D eigenvalue weighted by atomic mass is 16.5. The fraction of sp³-hybridized carbons (Fsp3) is 0.513. The Hall–Kier alpha value is -4.15. The van der Waals surface area contributed by atoms with Crippen molar-refractivity contribution in [3.63, 3.8) is 0 Å². The van der Waals surface area contributed by atoms with E-state index in [-0.39, 0.29) is 19.1 Å². The molecular formula is C39H51N3O7. The number of fused-ring (bicyclic) bond motifs is 4. The van der Waals surface area contributed by atoms with Crippen LogP contribution in [0.1, 0.15) is 98.7 Å². The molecule has 49 heavy (non-hydrogen) atoms. The largest absolute Gasteiger partial charge is 0.493 e. The van der Waals surface area contributed by atoms with Crippen molar-refractivity contribution in [2.75, 3.05) is 26.8 Å². The van der Waals surface area contributed by atoms with Gasteiger partial charge in [0.2, 0.25) is 11.8 Å². The number of aldehydes is 1. The molecule has 0 saturated heterocycles. The third kappa shape index (κ3) is 8.54. The topological polar surface area (TPSA) is 141 Å². The second-order valence-corrected chi connectivity index (χ2v) is 13.2. The number of rotatable bonds is 19. The quantitative estimate of drug-likeness (QED) is 0.0959. The number of aromatic nitrogens is 1. The number of carbonyl (C=O) groups is 3. The summed E-state index contributed by atoms with van der Waals surface area (Å²) >= 11 is 0. The molecule has 3 aromatic rings. The molecule has 2 aromatic carbocycles. The maximum Gasteiger partial charge on any atom is 0.247 e. The van der Waals surface area contributed by atoms with Gasteiger partial charge in [0, 0.05) is 53.8 Å². The molecule has 0 bridgehead atoms. The summed E-state index contributed by atoms with van der Waals surface area (Å²) in [7, 11) is 1.47. The fourth-order valence-corrected chi connectivity index (χ4v) is 7.24. The summed E-state index contributed by atoms with van der Waals surface area (Å²) < 4.78 is 11.9. The Kier molecular flexibility index (Phi) is 12.9. The lowest BCUT2D eigenvalue weighted by atomic mass is 9.77. The van der Waals surface area contributed by atoms with Crippen LogP contribution in [0.4, 0.5) is 0 Å². The number of hydrogen-bond acceptors (Lipinski definition) is 7. The molecule has 4 N–H and O–H groups in total. The molecule has 0 unspecified atom stereocenters. The summed E-state index contributed by atoms with van der Waals surface area (Å²) in [5.74, 6) is -0.560. The third-order valence-electron chi connectivity index (χ3n) is 9.79. The zero-order chi connectivity index (χ0) is 34.8. The molecule has 10 heteroatoms. The van der Waals surface area contributed by atoms with Gasteiger partial charge in [-0.25, -0.2) is 0 Å². The molecular weight excluding hydrogens is 622 g/mol. The average Bonchev–Trinajstić information content (AvgIpc) is 3.72. The van der Waals surface area contributed by atoms with Crippen LogP contribution < -0.4 is 14.8 Å². The number of hydrogen-bond donors (Lipinski definition) is 4. The van der Waals surface area contributed by atoms with Crippen LogP contribution in [0.3, 0.4) is 0 Å². The average molecular weight is 674 g/mol. The predicted molar refractivity (Wildman–Crippen MR) is 189 cm³/mol. The van der Waals surface area contributed by atoms with Crippen molar-refractivity contribution in [2.24, 2.45) is 0 Å². The second kappa shape index (κ2) is 17.5. The number of aromatic amines is 1. The summed E-state index contributed by atoms with van der Waals surface area (Å²) in [4.78, 5) is 44.7. The van der Waals surface area contributed by atoms with Crippen molar-refractivity contribution >= 4 is 29.0 Å². The minimum absolute atomic E-state index is 0.0355. The molecule has 0 radical (unpaired) electrons. The summed E-state index contributed by atoms with van der Waals surface area (Å²) in [5, 5.41) is 25.3. The van der Waals surface area contributed by atoms with Crippen LogP contribution in [0.15, 0.2) is 54.1 Å². The summed E-state index contributed by atoms with van der Waals surface area (Å²) in [5.41, 5.74) is 3.19. The van der Waals surface area contributed by atoms with E-state index in [0.29, 0.717) is 53.9 Å². The third-order valence-corrected chi connectivity index (χ3v) is 9.79. The smallest absolute Gasteiger partial charge is 0.247 e. The van der Waals surface area contributed by atoms with Gasteiger partial charge < -0.3 is 34.9 Å². The zero-order valence-corrected chi connectivity index (χ0v) is 28.8. The van der Waals surface area contributed by atoms with E-state index in [2.05, 4.69) is 23.3 Å². The molecule has 1 aliphatic carbocycles. The van der Waals surface area contributed by atoms with Crippen LogP contribution in [0, 0.1) is 0 Å². The van der Waals surface area contributed by atoms with E-state index in [9.17, 15) is 24.6 Å². The molecule has 0 fully saturated rings. The van der Waals surface area contributed by atoms with Gasteiger partial charge in [-0.05, 0) is 42.1 Å². The van der Waals surface area contributed by atoms with Gasteiger partial charge in [-0.2, -0.15) is 0 Å². The molecule has 10 nitrogen and oxygen atoms in total. The van der Waals surface area contributed by atoms with Crippen LogP contribution in [-0.4, -0.2) is 83.3 Å². The maximum absolute atomic E-state index is 14.1. The molecule has 264 valence electrons. The van der Waals surface area contributed by atoms with Crippen molar-refractivity contribution in [1.82, 2.24) is 15.2 Å². The van der Waals surface area contributed by atoms with E-state index < -0.39 is 30.1 Å². The molecule has 4 atom stereocenters. The molecule has 0 spiro atoms. The van der Waals surface area contributed by atoms with Crippen LogP contribution in [0.25, 0.3) is 10.9 Å². The van der Waals surface area contributed by atoms with Crippen LogP contribution in [0.5, 0.6) is 11.5 Å². The summed E-state index contributed by atoms with van der Waals surface area (Å²) in [6.07, 6.45) is 11.3. The van der Waals surface area contributed by atoms with E-state index in [1.807, 2.05) is 24.3 Å². The number of methoxy groups -OCH3 is 1. The molecule has 2 heterocycles. The Morgan fingerprint density at radius 3 is 2.47 bits per heavy atom. The van der Waals surface area contributed by atoms with Gasteiger partial charge >= 0.3 is 0 Å². The lowest BCUT2D eigenvalue weighted by molar-refractivity contribution is -0.137. The number of amides is 2. The normalized spacial score (nSPS) is 19.5. The number of benzene rings is 2. The van der Waals surface area contributed by atoms with Crippen LogP contribution in [0.2, 0.25) is 0 Å². The van der Waals surface area contributed by atoms with Crippen molar-refractivity contribution < 1.29 is 34.1 Å². The standard InChI is InChI=1S/C39H51N3O7/c1-3-4-5-6-7-8-9-10-11-16-34(45)42(19-17-28-23-27-14-12-13-15-31(27)41-28)32-24-30(39(47)40-18-20-43)35-29-21-26(25-44)22-33(48-2)37(29)49-38(35)36(32)46/h12-15,21-25,32,35-36,38,41,43,46H,3-11,16-20H2,1-2H3,(H,40,47)/t32-,35+,36+,38+/m1/s1. The van der Waals surface area contributed by atoms with Gasteiger partial charge in [-0.15, -0.1) is 0 Å². The number of unbranched alkanes of at least 4 members (excludes halogenated alkanes) is 8. The highest BCUT2D eigenvalue weighted by Gasteiger charge is 2.51. The molecule has 2 aliphatic rings. The molecule has 0 saturated carbocycles. The first-order valence-electron chi connectivity index (χ1n) is 17.9. The number of carbonyl (C=O) groups excluding carboxylic acids is 3. The van der Waals surface area contributed by atoms with Crippen molar-refractivity contribution in [2.45, 2.75) is 102 Å². The highest BCUT2D eigenvalue weighted by Crippen LogP contribution is 2.51. The Morgan fingerprint density at radius 2 is 1.78 bits per heavy atom. The van der Waals surface area contributed by atoms with Gasteiger partial charge in [0.05, 0.1) is 25.7 Å². The minimum atomic E-state index is -1.18. The first-order chi connectivity index (χ1) is 23.9. The maximum atomic E-state index is 14.1. The number of H-pyrrole nitrogens is 1. The molecule has 5 rings (SSSR count). The van der Waals surface area contributed by atoms with Gasteiger partial charge in [-0.1, -0.05) is 76.5 Å². The number of para-hydroxylation sites is 1. The number of aliphatic hydroxyl groups excluding tert-OH is 2. The summed E-state index contributed by atoms with van der Waals surface area (Å²) in [6.45, 7) is 2.32. The van der Waals surface area contributed by atoms with Gasteiger partial charge in [-0.3, -0.25) is 14.4 Å². The zero-order valence-electron chi connectivity index (χ0n) is 28.8. The highest BCUT2D eigenvalue weighted by molar-refractivity contribution is 5.96. The van der Waals surface area contributed by atoms with Crippen LogP contribution >= 0.6 is 0 Å². The van der Waals surface area contributed by atoms with E-state index >= 15 is 0 Å². The van der Waals surface area contributed by atoms with E-state index in [0.717, 1.165) is 42.3 Å². The Balaban J connectivity index is 1.41. The fourth-order valence-electron chi connectivity index (χ4n) is 7.24. The number of ether oxygens (including phenoxy) is 2. The van der Waals surface area contributed by atoms with Gasteiger partial charge in [0.25, 0.3) is 0 Å². The monoisotopic (exact) mass is 673 g/mol. The molecule has 1 aliphatic heterocycles. The molecule has 2 amide bonds. The predicted octanol–water partition coefficient (Wildman–Crippen LogP) is 5.60. The van der Waals surface area contributed by atoms with Crippen molar-refractivity contribution in [3.8, 4) is 11.5 Å². The SMILES string of the molecule is CCCCCCCCCCCC(=O)N(CCc1cc2ccccc2[nH]1)[C@@H]1C=C(C(=O)NCCO)[C@@H]2c3cc(C=O)cc(OC)c3O[C@@H]2[C@H]1O. The Labute approximate surface area is 288 Å². The Bertz CT molecular complexity index is 1580. The Morgan fingerprint density at radius 1 is 1.04 bits per heavy atom. The minimum Gasteiger partial charge on any atom is -0.493 e. The number of nitrogens with one attached hydrogen (secondary N) is 2. The first-order valence-corrected chi connectivity index (χ1v) is 17.9. The van der Waals surface area contributed by atoms with E-state index in [1.165, 1.54) is 39.2 Å².